The first kappa shape index (κ1) is 31.4. The molecule has 0 aromatic heterocycles. The Kier molecular flexibility index (Phi) is 7.22. The van der Waals surface area contributed by atoms with E-state index in [2.05, 4.69) is 5.32 Å². The van der Waals surface area contributed by atoms with E-state index in [1.807, 2.05) is 53.4 Å². The maximum atomic E-state index is 16.4. The third-order valence-electron chi connectivity index (χ3n) is 10.9. The molecule has 5 nitrogen and oxygen atoms in total. The van der Waals surface area contributed by atoms with Crippen LogP contribution < -0.4 is 5.32 Å². The standard InChI is InChI=1S/C37H28Cl2F4N2O3/c38-22-11-12-25-27(13-22)44-34(47)37(25)28(24-14-23(42)15-26(39)29(24)43)31-33(46)48-32(21-9-5-2-6-10-21)30(20-7-3-1-4-8-20)45(31)36(37)16-35(17-36,18-40)19-41/h1-15,28,30-32H,16-19H2,(H,44,47)/t28-,30+,31+,32-,37-/m0/s1. The molecule has 4 aliphatic rings. The number of alkyl halides is 2. The van der Waals surface area contributed by atoms with Crippen LogP contribution in [0.2, 0.25) is 10.0 Å². The van der Waals surface area contributed by atoms with Gasteiger partial charge in [-0.3, -0.25) is 23.3 Å². The first-order valence-corrected chi connectivity index (χ1v) is 16.3. The lowest BCUT2D eigenvalue weighted by atomic mass is 9.45. The van der Waals surface area contributed by atoms with Crippen LogP contribution in [-0.4, -0.2) is 41.7 Å². The van der Waals surface area contributed by atoms with Gasteiger partial charge in [0.25, 0.3) is 0 Å². The van der Waals surface area contributed by atoms with Gasteiger partial charge in [-0.05, 0) is 59.4 Å². The van der Waals surface area contributed by atoms with E-state index in [-0.39, 0.29) is 18.4 Å². The summed E-state index contributed by atoms with van der Waals surface area (Å²) in [6.45, 7) is -2.05. The van der Waals surface area contributed by atoms with Gasteiger partial charge >= 0.3 is 5.97 Å². The third-order valence-corrected chi connectivity index (χ3v) is 11.4. The number of anilines is 1. The number of nitrogens with one attached hydrogen (secondary N) is 1. The molecule has 3 aliphatic heterocycles. The van der Waals surface area contributed by atoms with Gasteiger partial charge in [0.15, 0.2) is 0 Å². The molecule has 8 rings (SSSR count). The highest BCUT2D eigenvalue weighted by molar-refractivity contribution is 6.31. The molecular formula is C37H28Cl2F4N2O3. The summed E-state index contributed by atoms with van der Waals surface area (Å²) >= 11 is 12.6. The van der Waals surface area contributed by atoms with E-state index >= 15 is 8.78 Å². The van der Waals surface area contributed by atoms with Crippen LogP contribution in [0.3, 0.4) is 0 Å². The molecule has 48 heavy (non-hydrogen) atoms. The first-order chi connectivity index (χ1) is 23.1. The zero-order valence-corrected chi connectivity index (χ0v) is 26.7. The number of ether oxygens (including phenoxy) is 1. The van der Waals surface area contributed by atoms with Crippen LogP contribution in [0.5, 0.6) is 0 Å². The van der Waals surface area contributed by atoms with Crippen molar-refractivity contribution in [3.63, 3.8) is 0 Å². The molecule has 1 saturated carbocycles. The molecular weight excluding hydrogens is 667 g/mol. The lowest BCUT2D eigenvalue weighted by Crippen LogP contribution is -2.72. The zero-order valence-electron chi connectivity index (χ0n) is 25.2. The number of halogens is 6. The van der Waals surface area contributed by atoms with Crippen molar-refractivity contribution in [1.29, 1.82) is 0 Å². The smallest absolute Gasteiger partial charge is 0.324 e. The fraction of sp³-hybridized carbons (Fsp3) is 0.297. The third kappa shape index (κ3) is 4.07. The van der Waals surface area contributed by atoms with E-state index < -0.39 is 82.4 Å². The lowest BCUT2D eigenvalue weighted by Gasteiger charge is -2.64. The largest absolute Gasteiger partial charge is 0.454 e. The van der Waals surface area contributed by atoms with Crippen molar-refractivity contribution in [2.24, 2.45) is 5.41 Å². The molecule has 0 radical (unpaired) electrons. The molecule has 3 fully saturated rings. The second-order valence-corrected chi connectivity index (χ2v) is 14.2. The van der Waals surface area contributed by atoms with E-state index in [9.17, 15) is 18.4 Å². The van der Waals surface area contributed by atoms with Gasteiger partial charge in [0, 0.05) is 27.6 Å². The second kappa shape index (κ2) is 11.1. The molecule has 1 aliphatic carbocycles. The molecule has 0 bridgehead atoms. The van der Waals surface area contributed by atoms with Crippen LogP contribution in [0.4, 0.5) is 23.2 Å². The second-order valence-electron chi connectivity index (χ2n) is 13.3. The molecule has 11 heteroatoms. The van der Waals surface area contributed by atoms with E-state index in [0.717, 1.165) is 12.1 Å². The number of hydrogen-bond donors (Lipinski definition) is 1. The number of esters is 1. The number of fused-ring (bicyclic) bond motifs is 5. The Labute approximate surface area is 283 Å². The summed E-state index contributed by atoms with van der Waals surface area (Å²) in [4.78, 5) is 31.4. The van der Waals surface area contributed by atoms with E-state index in [4.69, 9.17) is 27.9 Å². The van der Waals surface area contributed by atoms with Crippen molar-refractivity contribution in [1.82, 2.24) is 4.90 Å². The Hall–Kier alpha value is -3.92. The van der Waals surface area contributed by atoms with Crippen LogP contribution in [-0.2, 0) is 19.7 Å². The summed E-state index contributed by atoms with van der Waals surface area (Å²) in [6.07, 6.45) is -1.32. The van der Waals surface area contributed by atoms with Crippen LogP contribution in [0.1, 0.15) is 53.2 Å². The normalized spacial score (nSPS) is 28.1. The first-order valence-electron chi connectivity index (χ1n) is 15.6. The summed E-state index contributed by atoms with van der Waals surface area (Å²) in [5, 5.41) is 2.65. The van der Waals surface area contributed by atoms with Crippen molar-refractivity contribution < 1.29 is 31.9 Å². The van der Waals surface area contributed by atoms with Gasteiger partial charge in [-0.25, -0.2) is 8.78 Å². The minimum atomic E-state index is -1.86. The molecule has 0 unspecified atom stereocenters. The number of morpholine rings is 1. The lowest BCUT2D eigenvalue weighted by molar-refractivity contribution is -0.200. The van der Waals surface area contributed by atoms with Crippen molar-refractivity contribution in [3.8, 4) is 0 Å². The SMILES string of the molecule is O=C1O[C@@H](c2ccccc2)[C@@H](c2ccccc2)N2[C@@H]1[C@H](c1cc(F)cc(Cl)c1F)[C@@]1(C(=O)Nc3cc(Cl)ccc31)C21CC(CF)(CF)C1. The summed E-state index contributed by atoms with van der Waals surface area (Å²) in [7, 11) is 0. The Bertz CT molecular complexity index is 1950. The summed E-state index contributed by atoms with van der Waals surface area (Å²) < 4.78 is 67.8. The van der Waals surface area contributed by atoms with Crippen LogP contribution in [0.15, 0.2) is 91.0 Å². The number of nitrogens with zero attached hydrogens (tertiary/aromatic N) is 1. The molecule has 3 heterocycles. The fourth-order valence-corrected chi connectivity index (χ4v) is 9.67. The Balaban J connectivity index is 1.49. The molecule has 4 aromatic carbocycles. The summed E-state index contributed by atoms with van der Waals surface area (Å²) in [5.41, 5.74) is -3.13. The molecule has 1 amide bonds. The highest BCUT2D eigenvalue weighted by Gasteiger charge is 2.83. The molecule has 2 saturated heterocycles. The van der Waals surface area contributed by atoms with Crippen LogP contribution in [0, 0.1) is 17.0 Å². The predicted octanol–water partition coefficient (Wildman–Crippen LogP) is 8.43. The van der Waals surface area contributed by atoms with Crippen LogP contribution >= 0.6 is 23.2 Å². The molecule has 1 N–H and O–H groups in total. The highest BCUT2D eigenvalue weighted by atomic mass is 35.5. The maximum Gasteiger partial charge on any atom is 0.324 e. The van der Waals surface area contributed by atoms with E-state index in [0.29, 0.717) is 27.4 Å². The van der Waals surface area contributed by atoms with E-state index in [1.165, 1.54) is 6.07 Å². The van der Waals surface area contributed by atoms with Gasteiger partial charge in [-0.1, -0.05) is 89.9 Å². The van der Waals surface area contributed by atoms with Crippen molar-refractivity contribution >= 4 is 40.8 Å². The summed E-state index contributed by atoms with van der Waals surface area (Å²) in [6, 6.07) is 22.5. The van der Waals surface area contributed by atoms with Crippen LogP contribution in [0.25, 0.3) is 0 Å². The molecule has 246 valence electrons. The molecule has 5 atom stereocenters. The van der Waals surface area contributed by atoms with Crippen molar-refractivity contribution in [2.45, 2.75) is 47.9 Å². The van der Waals surface area contributed by atoms with Crippen molar-refractivity contribution in [3.05, 3.63) is 135 Å². The zero-order chi connectivity index (χ0) is 33.6. The quantitative estimate of drug-likeness (QED) is 0.129. The molecule has 2 spiro atoms. The number of rotatable bonds is 5. The predicted molar refractivity (Wildman–Crippen MR) is 172 cm³/mol. The average Bonchev–Trinajstić information content (AvgIpc) is 3.51. The monoisotopic (exact) mass is 694 g/mol. The number of carbonyl (C=O) groups is 2. The van der Waals surface area contributed by atoms with Gasteiger partial charge in [0.2, 0.25) is 5.91 Å². The van der Waals surface area contributed by atoms with Gasteiger partial charge in [0.05, 0.1) is 24.4 Å². The van der Waals surface area contributed by atoms with Gasteiger partial charge < -0.3 is 10.1 Å². The number of benzene rings is 4. The van der Waals surface area contributed by atoms with Gasteiger partial charge in [0.1, 0.15) is 29.2 Å². The maximum absolute atomic E-state index is 16.4. The number of carbonyl (C=O) groups excluding carboxylic acids is 2. The Morgan fingerprint density at radius 2 is 1.48 bits per heavy atom. The van der Waals surface area contributed by atoms with E-state index in [1.54, 1.807) is 24.3 Å². The number of amides is 1. The Morgan fingerprint density at radius 3 is 2.12 bits per heavy atom. The summed E-state index contributed by atoms with van der Waals surface area (Å²) in [5.74, 6) is -4.73. The highest BCUT2D eigenvalue weighted by Crippen LogP contribution is 2.75. The number of cyclic esters (lactones) is 1. The molecule has 4 aromatic rings. The Morgan fingerprint density at radius 1 is 0.833 bits per heavy atom. The minimum Gasteiger partial charge on any atom is -0.454 e. The average molecular weight is 696 g/mol. The van der Waals surface area contributed by atoms with Crippen molar-refractivity contribution in [2.75, 3.05) is 18.7 Å². The number of hydrogen-bond acceptors (Lipinski definition) is 4. The fourth-order valence-electron chi connectivity index (χ4n) is 9.29. The van der Waals surface area contributed by atoms with Gasteiger partial charge in [-0.15, -0.1) is 0 Å². The topological polar surface area (TPSA) is 58.6 Å². The van der Waals surface area contributed by atoms with Gasteiger partial charge in [-0.2, -0.15) is 0 Å². The minimum absolute atomic E-state index is 0.196.